The van der Waals surface area contributed by atoms with E-state index in [-0.39, 0.29) is 16.4 Å². The Hall–Kier alpha value is -1.83. The molecule has 1 aromatic carbocycles. The Kier molecular flexibility index (Phi) is 5.69. The number of aromatic nitrogens is 2. The van der Waals surface area contributed by atoms with Crippen LogP contribution in [0.3, 0.4) is 0 Å². The molecule has 0 aliphatic carbocycles. The summed E-state index contributed by atoms with van der Waals surface area (Å²) in [5.74, 6) is -1.13. The number of alkyl halides is 3. The van der Waals surface area contributed by atoms with Crippen LogP contribution in [0, 0.1) is 5.92 Å². The van der Waals surface area contributed by atoms with Gasteiger partial charge in [-0.2, -0.15) is 13.2 Å². The minimum absolute atomic E-state index is 0.153. The van der Waals surface area contributed by atoms with Crippen LogP contribution in [0.15, 0.2) is 29.3 Å². The molecule has 24 heavy (non-hydrogen) atoms. The predicted molar refractivity (Wildman–Crippen MR) is 87.7 cm³/mol. The lowest BCUT2D eigenvalue weighted by molar-refractivity contribution is -0.145. The Morgan fingerprint density at radius 1 is 1.21 bits per heavy atom. The molecule has 2 aromatic rings. The number of hydrogen-bond acceptors (Lipinski definition) is 4. The van der Waals surface area contributed by atoms with E-state index in [0.717, 1.165) is 11.8 Å². The molecule has 1 N–H and O–H groups in total. The number of nitrogens with one attached hydrogen (secondary N) is 1. The largest absolute Gasteiger partial charge is 0.451 e. The van der Waals surface area contributed by atoms with Gasteiger partial charge in [-0.3, -0.25) is 4.79 Å². The second-order valence-corrected chi connectivity index (χ2v) is 7.10. The van der Waals surface area contributed by atoms with Gasteiger partial charge in [-0.1, -0.05) is 43.8 Å². The summed E-state index contributed by atoms with van der Waals surface area (Å²) in [6.45, 7) is 6.09. The molecule has 0 saturated heterocycles. The molecule has 1 heterocycles. The molecule has 130 valence electrons. The molecule has 2 rings (SSSR count). The van der Waals surface area contributed by atoms with Crippen molar-refractivity contribution < 1.29 is 18.0 Å². The average molecular weight is 357 g/mol. The molecule has 0 radical (unpaired) electrons. The van der Waals surface area contributed by atoms with Crippen LogP contribution in [0.25, 0.3) is 10.9 Å². The van der Waals surface area contributed by atoms with Crippen LogP contribution in [0.5, 0.6) is 0 Å². The summed E-state index contributed by atoms with van der Waals surface area (Å²) >= 11 is 1.000. The zero-order valence-electron chi connectivity index (χ0n) is 13.5. The van der Waals surface area contributed by atoms with E-state index in [9.17, 15) is 18.0 Å². The summed E-state index contributed by atoms with van der Waals surface area (Å²) in [5, 5.41) is 2.86. The van der Waals surface area contributed by atoms with Crippen LogP contribution < -0.4 is 5.32 Å². The molecule has 0 spiro atoms. The molecule has 8 heteroatoms. The van der Waals surface area contributed by atoms with E-state index in [1.807, 2.05) is 13.8 Å². The molecular weight excluding hydrogens is 339 g/mol. The minimum atomic E-state index is -4.64. The van der Waals surface area contributed by atoms with Crippen LogP contribution in [-0.4, -0.2) is 27.7 Å². The van der Waals surface area contributed by atoms with Crippen molar-refractivity contribution in [3.63, 3.8) is 0 Å². The maximum absolute atomic E-state index is 13.0. The highest BCUT2D eigenvalue weighted by atomic mass is 32.2. The Labute approximate surface area is 142 Å². The highest BCUT2D eigenvalue weighted by Gasteiger charge is 2.35. The first-order chi connectivity index (χ1) is 11.2. The van der Waals surface area contributed by atoms with Crippen molar-refractivity contribution in [2.75, 3.05) is 6.54 Å². The van der Waals surface area contributed by atoms with Gasteiger partial charge in [0.1, 0.15) is 5.03 Å². The van der Waals surface area contributed by atoms with Crippen molar-refractivity contribution in [3.05, 3.63) is 30.1 Å². The third-order valence-corrected chi connectivity index (χ3v) is 4.27. The molecule has 1 unspecified atom stereocenters. The number of fused-ring (bicyclic) bond motifs is 1. The quantitative estimate of drug-likeness (QED) is 0.651. The van der Waals surface area contributed by atoms with Gasteiger partial charge in [-0.25, -0.2) is 9.97 Å². The van der Waals surface area contributed by atoms with Gasteiger partial charge in [0.25, 0.3) is 0 Å². The van der Waals surface area contributed by atoms with Crippen molar-refractivity contribution in [3.8, 4) is 0 Å². The van der Waals surface area contributed by atoms with E-state index in [4.69, 9.17) is 0 Å². The molecule has 1 atom stereocenters. The van der Waals surface area contributed by atoms with Gasteiger partial charge in [-0.15, -0.1) is 0 Å². The standard InChI is InChI=1S/C16H18F3N3OS/c1-9(2)8-20-13(23)10(3)24-14-11-6-4-5-7-12(11)21-15(22-14)16(17,18)19/h4-7,9-10H,8H2,1-3H3,(H,20,23). The fraction of sp³-hybridized carbons (Fsp3) is 0.438. The molecule has 0 aliphatic heterocycles. The Bertz CT molecular complexity index is 734. The molecular formula is C16H18F3N3OS. The normalized spacial score (nSPS) is 13.3. The van der Waals surface area contributed by atoms with Gasteiger partial charge in [0.15, 0.2) is 0 Å². The van der Waals surface area contributed by atoms with Gasteiger partial charge < -0.3 is 5.32 Å². The number of benzene rings is 1. The second-order valence-electron chi connectivity index (χ2n) is 5.77. The number of amides is 1. The second kappa shape index (κ2) is 7.38. The van der Waals surface area contributed by atoms with Crippen molar-refractivity contribution in [2.45, 2.75) is 37.2 Å². The van der Waals surface area contributed by atoms with Gasteiger partial charge in [0, 0.05) is 11.9 Å². The number of para-hydroxylation sites is 1. The molecule has 0 bridgehead atoms. The fourth-order valence-electron chi connectivity index (χ4n) is 1.93. The smallest absolute Gasteiger partial charge is 0.355 e. The van der Waals surface area contributed by atoms with Crippen molar-refractivity contribution >= 4 is 28.6 Å². The third kappa shape index (κ3) is 4.59. The predicted octanol–water partition coefficient (Wildman–Crippen LogP) is 3.90. The van der Waals surface area contributed by atoms with Gasteiger partial charge in [0.05, 0.1) is 10.8 Å². The van der Waals surface area contributed by atoms with Crippen molar-refractivity contribution in [2.24, 2.45) is 5.92 Å². The van der Waals surface area contributed by atoms with E-state index < -0.39 is 17.3 Å². The number of halogens is 3. The number of thioether (sulfide) groups is 1. The van der Waals surface area contributed by atoms with Crippen molar-refractivity contribution in [1.82, 2.24) is 15.3 Å². The topological polar surface area (TPSA) is 54.9 Å². The van der Waals surface area contributed by atoms with E-state index in [1.54, 1.807) is 25.1 Å². The lowest BCUT2D eigenvalue weighted by Gasteiger charge is -2.15. The lowest BCUT2D eigenvalue weighted by atomic mass is 10.2. The van der Waals surface area contributed by atoms with E-state index >= 15 is 0 Å². The van der Waals surface area contributed by atoms with Gasteiger partial charge >= 0.3 is 6.18 Å². The number of nitrogens with zero attached hydrogens (tertiary/aromatic N) is 2. The first-order valence-electron chi connectivity index (χ1n) is 7.47. The number of carbonyl (C=O) groups excluding carboxylic acids is 1. The molecule has 0 fully saturated rings. The summed E-state index contributed by atoms with van der Waals surface area (Å²) < 4.78 is 39.0. The highest BCUT2D eigenvalue weighted by molar-refractivity contribution is 8.00. The minimum Gasteiger partial charge on any atom is -0.355 e. The summed E-state index contributed by atoms with van der Waals surface area (Å²) in [7, 11) is 0. The average Bonchev–Trinajstić information content (AvgIpc) is 2.51. The lowest BCUT2D eigenvalue weighted by Crippen LogP contribution is -2.33. The highest BCUT2D eigenvalue weighted by Crippen LogP contribution is 2.33. The van der Waals surface area contributed by atoms with Gasteiger partial charge in [-0.05, 0) is 18.9 Å². The summed E-state index contributed by atoms with van der Waals surface area (Å²) in [6.07, 6.45) is -4.64. The SMILES string of the molecule is CC(C)CNC(=O)C(C)Sc1nc(C(F)(F)F)nc2ccccc12. The zero-order valence-corrected chi connectivity index (χ0v) is 14.3. The van der Waals surface area contributed by atoms with Crippen LogP contribution in [-0.2, 0) is 11.0 Å². The number of rotatable bonds is 5. The summed E-state index contributed by atoms with van der Waals surface area (Å²) in [5.41, 5.74) is 0.206. The van der Waals surface area contributed by atoms with E-state index in [2.05, 4.69) is 15.3 Å². The fourth-order valence-corrected chi connectivity index (χ4v) is 2.90. The van der Waals surface area contributed by atoms with Crippen LogP contribution in [0.2, 0.25) is 0 Å². The number of hydrogen-bond donors (Lipinski definition) is 1. The van der Waals surface area contributed by atoms with Crippen LogP contribution in [0.1, 0.15) is 26.6 Å². The van der Waals surface area contributed by atoms with Gasteiger partial charge in [0.2, 0.25) is 11.7 Å². The first-order valence-corrected chi connectivity index (χ1v) is 8.34. The first kappa shape index (κ1) is 18.5. The van der Waals surface area contributed by atoms with E-state index in [1.165, 1.54) is 6.07 Å². The Morgan fingerprint density at radius 2 is 1.88 bits per heavy atom. The van der Waals surface area contributed by atoms with Crippen molar-refractivity contribution in [1.29, 1.82) is 0 Å². The Morgan fingerprint density at radius 3 is 2.50 bits per heavy atom. The third-order valence-electron chi connectivity index (χ3n) is 3.16. The monoisotopic (exact) mass is 357 g/mol. The molecule has 0 saturated carbocycles. The number of carbonyl (C=O) groups is 1. The maximum Gasteiger partial charge on any atom is 0.451 e. The maximum atomic E-state index is 13.0. The molecule has 0 aliphatic rings. The summed E-state index contributed by atoms with van der Waals surface area (Å²) in [6, 6.07) is 6.46. The van der Waals surface area contributed by atoms with Crippen LogP contribution in [0.4, 0.5) is 13.2 Å². The van der Waals surface area contributed by atoms with E-state index in [0.29, 0.717) is 17.8 Å². The molecule has 4 nitrogen and oxygen atoms in total. The zero-order chi connectivity index (χ0) is 17.9. The molecule has 1 amide bonds. The van der Waals surface area contributed by atoms with Crippen LogP contribution >= 0.6 is 11.8 Å². The Balaban J connectivity index is 2.31. The summed E-state index contributed by atoms with van der Waals surface area (Å²) in [4.78, 5) is 19.3. The molecule has 1 aromatic heterocycles.